The Balaban J connectivity index is 1.59. The zero-order valence-corrected chi connectivity index (χ0v) is 19.0. The third-order valence-electron chi connectivity index (χ3n) is 5.13. The van der Waals surface area contributed by atoms with Gasteiger partial charge in [-0.15, -0.1) is 10.2 Å². The molecule has 0 saturated heterocycles. The molecule has 0 aromatic carbocycles. The van der Waals surface area contributed by atoms with Crippen LogP contribution in [0.5, 0.6) is 0 Å². The van der Waals surface area contributed by atoms with E-state index in [1.807, 2.05) is 33.8 Å². The summed E-state index contributed by atoms with van der Waals surface area (Å²) in [6.07, 6.45) is 0. The van der Waals surface area contributed by atoms with Crippen LogP contribution in [-0.2, 0) is 16.6 Å². The van der Waals surface area contributed by atoms with Gasteiger partial charge in [0.25, 0.3) is 0 Å². The van der Waals surface area contributed by atoms with Gasteiger partial charge >= 0.3 is 0 Å². The van der Waals surface area contributed by atoms with E-state index in [1.54, 1.807) is 29.3 Å². The maximum absolute atomic E-state index is 12.6. The number of anilines is 1. The second kappa shape index (κ2) is 8.52. The summed E-state index contributed by atoms with van der Waals surface area (Å²) in [5.74, 6) is 1.19. The monoisotopic (exact) mass is 432 g/mol. The van der Waals surface area contributed by atoms with Crippen LogP contribution in [0.15, 0.2) is 17.0 Å². The van der Waals surface area contributed by atoms with E-state index in [4.69, 9.17) is 0 Å². The Hall–Kier alpha value is -2.79. The molecule has 30 heavy (non-hydrogen) atoms. The first-order chi connectivity index (χ1) is 14.2. The highest BCUT2D eigenvalue weighted by Crippen LogP contribution is 2.19. The van der Waals surface area contributed by atoms with Crippen molar-refractivity contribution in [1.82, 2.24) is 34.5 Å². The number of nitrogens with one attached hydrogen (secondary N) is 2. The van der Waals surface area contributed by atoms with Crippen molar-refractivity contribution < 1.29 is 8.42 Å². The van der Waals surface area contributed by atoms with E-state index >= 15 is 0 Å². The summed E-state index contributed by atoms with van der Waals surface area (Å²) in [6.45, 7) is 12.6. The van der Waals surface area contributed by atoms with Gasteiger partial charge in [0.15, 0.2) is 5.82 Å². The molecule has 3 heterocycles. The van der Waals surface area contributed by atoms with Gasteiger partial charge in [0.2, 0.25) is 10.0 Å². The second-order valence-electron chi connectivity index (χ2n) is 7.12. The van der Waals surface area contributed by atoms with Gasteiger partial charge in [-0.25, -0.2) is 17.8 Å². The molecule has 3 aromatic heterocycles. The number of nitrogens with zero attached hydrogens (tertiary/aromatic N) is 6. The van der Waals surface area contributed by atoms with Crippen molar-refractivity contribution in [2.75, 3.05) is 18.4 Å². The Bertz CT molecular complexity index is 1150. The predicted molar refractivity (Wildman–Crippen MR) is 114 cm³/mol. The number of aromatic nitrogens is 6. The summed E-state index contributed by atoms with van der Waals surface area (Å²) in [4.78, 5) is 0.244. The average molecular weight is 433 g/mol. The highest BCUT2D eigenvalue weighted by molar-refractivity contribution is 7.89. The van der Waals surface area contributed by atoms with Gasteiger partial charge in [-0.05, 0) is 59.2 Å². The van der Waals surface area contributed by atoms with Crippen LogP contribution in [0, 0.1) is 34.6 Å². The van der Waals surface area contributed by atoms with Gasteiger partial charge in [-0.1, -0.05) is 0 Å². The van der Waals surface area contributed by atoms with E-state index < -0.39 is 10.0 Å². The van der Waals surface area contributed by atoms with Gasteiger partial charge in [0.1, 0.15) is 10.7 Å². The first-order valence-corrected chi connectivity index (χ1v) is 11.3. The summed E-state index contributed by atoms with van der Waals surface area (Å²) in [7, 11) is -3.64. The maximum atomic E-state index is 12.6. The maximum Gasteiger partial charge on any atom is 0.244 e. The number of rotatable bonds is 8. The summed E-state index contributed by atoms with van der Waals surface area (Å²) in [6, 6.07) is 3.62. The Labute approximate surface area is 176 Å². The van der Waals surface area contributed by atoms with Crippen LogP contribution in [0.2, 0.25) is 0 Å². The normalized spacial score (nSPS) is 11.8. The molecule has 10 nitrogen and oxygen atoms in total. The fourth-order valence-electron chi connectivity index (χ4n) is 3.30. The van der Waals surface area contributed by atoms with Crippen molar-refractivity contribution in [3.8, 4) is 5.82 Å². The van der Waals surface area contributed by atoms with Gasteiger partial charge in [0.05, 0.1) is 17.1 Å². The second-order valence-corrected chi connectivity index (χ2v) is 8.83. The van der Waals surface area contributed by atoms with E-state index in [0.717, 1.165) is 17.0 Å². The molecule has 3 aromatic rings. The van der Waals surface area contributed by atoms with Gasteiger partial charge in [-0.2, -0.15) is 10.2 Å². The number of hydrogen-bond donors (Lipinski definition) is 2. The highest BCUT2D eigenvalue weighted by atomic mass is 32.2. The Morgan fingerprint density at radius 1 is 0.933 bits per heavy atom. The summed E-state index contributed by atoms with van der Waals surface area (Å²) >= 11 is 0. The lowest BCUT2D eigenvalue weighted by atomic mass is 10.2. The lowest BCUT2D eigenvalue weighted by Gasteiger charge is -2.09. The standard InChI is InChI=1S/C19H28N8O2S/c1-7-26-16(6)19(14(4)24-26)30(28,29)21-11-10-20-17-8-9-18(23-22-17)27-15(5)12(2)13(3)25-27/h8-9,21H,7,10-11H2,1-6H3,(H,20,22). The summed E-state index contributed by atoms with van der Waals surface area (Å²) in [5.41, 5.74) is 4.24. The third kappa shape index (κ3) is 4.21. The van der Waals surface area contributed by atoms with Crippen LogP contribution in [0.4, 0.5) is 5.82 Å². The number of sulfonamides is 1. The molecule has 0 saturated carbocycles. The van der Waals surface area contributed by atoms with Crippen LogP contribution in [0.3, 0.4) is 0 Å². The van der Waals surface area contributed by atoms with Crippen molar-refractivity contribution in [3.05, 3.63) is 40.5 Å². The Kier molecular flexibility index (Phi) is 6.22. The first-order valence-electron chi connectivity index (χ1n) is 9.80. The lowest BCUT2D eigenvalue weighted by molar-refractivity contribution is 0.580. The average Bonchev–Trinajstić information content (AvgIpc) is 3.15. The molecule has 0 aliphatic carbocycles. The molecule has 0 spiro atoms. The van der Waals surface area contributed by atoms with E-state index in [0.29, 0.717) is 36.1 Å². The van der Waals surface area contributed by atoms with Gasteiger partial charge < -0.3 is 5.32 Å². The molecular weight excluding hydrogens is 404 g/mol. The minimum absolute atomic E-state index is 0.207. The summed E-state index contributed by atoms with van der Waals surface area (Å²) in [5, 5.41) is 20.2. The summed E-state index contributed by atoms with van der Waals surface area (Å²) < 4.78 is 31.4. The van der Waals surface area contributed by atoms with Gasteiger partial charge in [-0.3, -0.25) is 4.68 Å². The lowest BCUT2D eigenvalue weighted by Crippen LogP contribution is -2.29. The fourth-order valence-corrected chi connectivity index (χ4v) is 4.74. The Morgan fingerprint density at radius 3 is 2.20 bits per heavy atom. The third-order valence-corrected chi connectivity index (χ3v) is 6.84. The molecule has 2 N–H and O–H groups in total. The molecule has 0 radical (unpaired) electrons. The van der Waals surface area contributed by atoms with Crippen LogP contribution in [0.1, 0.15) is 35.3 Å². The predicted octanol–water partition coefficient (Wildman–Crippen LogP) is 1.81. The molecule has 0 aliphatic rings. The van der Waals surface area contributed by atoms with Crippen LogP contribution >= 0.6 is 0 Å². The molecule has 3 rings (SSSR count). The topological polar surface area (TPSA) is 120 Å². The molecule has 0 amide bonds. The molecule has 0 bridgehead atoms. The minimum Gasteiger partial charge on any atom is -0.367 e. The van der Waals surface area contributed by atoms with Crippen LogP contribution in [-0.4, -0.2) is 51.3 Å². The molecule has 162 valence electrons. The van der Waals surface area contributed by atoms with Crippen molar-refractivity contribution in [3.63, 3.8) is 0 Å². The van der Waals surface area contributed by atoms with Crippen molar-refractivity contribution in [2.24, 2.45) is 0 Å². The fraction of sp³-hybridized carbons (Fsp3) is 0.474. The molecule has 0 atom stereocenters. The molecule has 0 fully saturated rings. The molecule has 0 aliphatic heterocycles. The molecular formula is C19H28N8O2S. The largest absolute Gasteiger partial charge is 0.367 e. The van der Waals surface area contributed by atoms with E-state index in [9.17, 15) is 8.42 Å². The minimum atomic E-state index is -3.64. The Morgan fingerprint density at radius 2 is 1.67 bits per heavy atom. The SMILES string of the molecule is CCn1nc(C)c(S(=O)(=O)NCCNc2ccc(-n3nc(C)c(C)c3C)nn2)c1C. The highest BCUT2D eigenvalue weighted by Gasteiger charge is 2.23. The van der Waals surface area contributed by atoms with Crippen LogP contribution < -0.4 is 10.0 Å². The van der Waals surface area contributed by atoms with Crippen molar-refractivity contribution >= 4 is 15.8 Å². The number of aryl methyl sites for hydroxylation is 3. The molecule has 11 heteroatoms. The zero-order chi connectivity index (χ0) is 22.1. The quantitative estimate of drug-likeness (QED) is 0.521. The van der Waals surface area contributed by atoms with Crippen LogP contribution in [0.25, 0.3) is 5.82 Å². The van der Waals surface area contributed by atoms with E-state index in [2.05, 4.69) is 30.4 Å². The van der Waals surface area contributed by atoms with E-state index in [1.165, 1.54) is 0 Å². The first kappa shape index (κ1) is 21.9. The smallest absolute Gasteiger partial charge is 0.244 e. The zero-order valence-electron chi connectivity index (χ0n) is 18.2. The van der Waals surface area contributed by atoms with E-state index in [-0.39, 0.29) is 11.4 Å². The molecule has 0 unspecified atom stereocenters. The number of hydrogen-bond acceptors (Lipinski definition) is 7. The van der Waals surface area contributed by atoms with Crippen molar-refractivity contribution in [1.29, 1.82) is 0 Å². The van der Waals surface area contributed by atoms with Gasteiger partial charge in [0, 0.05) is 25.3 Å². The van der Waals surface area contributed by atoms with Crippen molar-refractivity contribution in [2.45, 2.75) is 53.0 Å².